The summed E-state index contributed by atoms with van der Waals surface area (Å²) in [7, 11) is 0. The Morgan fingerprint density at radius 1 is 1.08 bits per heavy atom. The molecule has 2 heteroatoms. The summed E-state index contributed by atoms with van der Waals surface area (Å²) in [5, 5.41) is 8.38. The third-order valence-corrected chi connectivity index (χ3v) is 2.50. The van der Waals surface area contributed by atoms with Gasteiger partial charge in [0.05, 0.1) is 12.7 Å². The predicted octanol–water partition coefficient (Wildman–Crippen LogP) is 3.70. The third-order valence-electron chi connectivity index (χ3n) is 2.50. The van der Waals surface area contributed by atoms with Gasteiger partial charge in [0.15, 0.2) is 0 Å². The van der Waals surface area contributed by atoms with Crippen LogP contribution in [0.1, 0.15) is 46.0 Å². The van der Waals surface area contributed by atoms with Gasteiger partial charge in [0.1, 0.15) is 0 Å². The first-order valence-electron chi connectivity index (χ1n) is 5.13. The second-order valence-corrected chi connectivity index (χ2v) is 3.96. The minimum absolute atomic E-state index is 0.201. The number of halogens is 1. The van der Waals surface area contributed by atoms with Crippen molar-refractivity contribution in [2.75, 3.05) is 6.67 Å². The molecule has 0 aromatic carbocycles. The van der Waals surface area contributed by atoms with E-state index in [0.29, 0.717) is 24.7 Å². The summed E-state index contributed by atoms with van der Waals surface area (Å²) in [5.74, 6) is 1.11. The number of nitrogens with zero attached hydrogens (tertiary/aromatic N) is 1. The summed E-state index contributed by atoms with van der Waals surface area (Å²) in [6.45, 7) is 4.06. The van der Waals surface area contributed by atoms with Crippen molar-refractivity contribution >= 4 is 0 Å². The van der Waals surface area contributed by atoms with E-state index in [-0.39, 0.29) is 6.67 Å². The second kappa shape index (κ2) is 8.04. The molecule has 0 aliphatic carbocycles. The molecule has 0 fully saturated rings. The second-order valence-electron chi connectivity index (χ2n) is 3.96. The lowest BCUT2D eigenvalue weighted by atomic mass is 9.94. The average molecular weight is 185 g/mol. The highest BCUT2D eigenvalue weighted by Gasteiger charge is 2.06. The van der Waals surface area contributed by atoms with Crippen molar-refractivity contribution in [2.45, 2.75) is 46.0 Å². The van der Waals surface area contributed by atoms with Crippen LogP contribution in [-0.4, -0.2) is 6.67 Å². The lowest BCUT2D eigenvalue weighted by Gasteiger charge is -2.12. The lowest BCUT2D eigenvalue weighted by Crippen LogP contribution is -2.01. The maximum absolute atomic E-state index is 11.9. The van der Waals surface area contributed by atoms with E-state index in [1.807, 2.05) is 0 Å². The van der Waals surface area contributed by atoms with Crippen LogP contribution in [0, 0.1) is 23.2 Å². The molecule has 0 bridgehead atoms. The standard InChI is InChI=1S/C11H20FN/c1-10(4-3-9-13)5-6-11(2)7-8-12/h10-11H,3-8H2,1-2H3. The van der Waals surface area contributed by atoms with Gasteiger partial charge in [-0.3, -0.25) is 4.39 Å². The van der Waals surface area contributed by atoms with Crippen LogP contribution in [0.5, 0.6) is 0 Å². The summed E-state index contributed by atoms with van der Waals surface area (Å²) < 4.78 is 11.9. The van der Waals surface area contributed by atoms with Crippen LogP contribution in [0.3, 0.4) is 0 Å². The molecular weight excluding hydrogens is 165 g/mol. The van der Waals surface area contributed by atoms with Crippen molar-refractivity contribution in [3.63, 3.8) is 0 Å². The quantitative estimate of drug-likeness (QED) is 0.593. The SMILES string of the molecule is CC(CCF)CCC(C)CCC#N. The van der Waals surface area contributed by atoms with Gasteiger partial charge in [-0.15, -0.1) is 0 Å². The minimum atomic E-state index is -0.201. The third kappa shape index (κ3) is 7.77. The van der Waals surface area contributed by atoms with Crippen LogP contribution in [0.15, 0.2) is 0 Å². The van der Waals surface area contributed by atoms with Crippen LogP contribution < -0.4 is 0 Å². The van der Waals surface area contributed by atoms with E-state index in [1.54, 1.807) is 0 Å². The minimum Gasteiger partial charge on any atom is -0.251 e. The molecule has 13 heavy (non-hydrogen) atoms. The van der Waals surface area contributed by atoms with Gasteiger partial charge >= 0.3 is 0 Å². The largest absolute Gasteiger partial charge is 0.251 e. The topological polar surface area (TPSA) is 23.8 Å². The van der Waals surface area contributed by atoms with E-state index in [1.165, 1.54) is 0 Å². The van der Waals surface area contributed by atoms with Crippen LogP contribution >= 0.6 is 0 Å². The fourth-order valence-electron chi connectivity index (χ4n) is 1.35. The van der Waals surface area contributed by atoms with Gasteiger partial charge in [0, 0.05) is 6.42 Å². The van der Waals surface area contributed by atoms with Gasteiger partial charge in [0.25, 0.3) is 0 Å². The van der Waals surface area contributed by atoms with E-state index in [4.69, 9.17) is 5.26 Å². The zero-order valence-corrected chi connectivity index (χ0v) is 8.72. The molecule has 76 valence electrons. The normalized spacial score (nSPS) is 14.9. The van der Waals surface area contributed by atoms with Gasteiger partial charge < -0.3 is 0 Å². The summed E-state index contributed by atoms with van der Waals surface area (Å²) in [4.78, 5) is 0. The summed E-state index contributed by atoms with van der Waals surface area (Å²) in [5.41, 5.74) is 0. The van der Waals surface area contributed by atoms with Crippen molar-refractivity contribution in [3.8, 4) is 6.07 Å². The Balaban J connectivity index is 3.35. The summed E-state index contributed by atoms with van der Waals surface area (Å²) in [6, 6.07) is 2.15. The molecule has 2 unspecified atom stereocenters. The highest BCUT2D eigenvalue weighted by molar-refractivity contribution is 4.70. The van der Waals surface area contributed by atoms with Crippen LogP contribution in [0.25, 0.3) is 0 Å². The number of alkyl halides is 1. The van der Waals surface area contributed by atoms with Crippen LogP contribution in [0.4, 0.5) is 4.39 Å². The first-order valence-corrected chi connectivity index (χ1v) is 5.13. The average Bonchev–Trinajstić information content (AvgIpc) is 2.12. The van der Waals surface area contributed by atoms with E-state index < -0.39 is 0 Å². The molecule has 0 amide bonds. The molecule has 0 aromatic rings. The maximum atomic E-state index is 11.9. The lowest BCUT2D eigenvalue weighted by molar-refractivity contribution is 0.356. The van der Waals surface area contributed by atoms with Crippen LogP contribution in [0.2, 0.25) is 0 Å². The molecular formula is C11H20FN. The van der Waals surface area contributed by atoms with Crippen LogP contribution in [-0.2, 0) is 0 Å². The smallest absolute Gasteiger partial charge is 0.0897 e. The van der Waals surface area contributed by atoms with Crippen molar-refractivity contribution in [2.24, 2.45) is 11.8 Å². The number of nitriles is 1. The first-order chi connectivity index (χ1) is 6.20. The number of hydrogen-bond donors (Lipinski definition) is 0. The molecule has 0 saturated carbocycles. The Labute approximate surface area is 80.9 Å². The monoisotopic (exact) mass is 185 g/mol. The van der Waals surface area contributed by atoms with E-state index in [0.717, 1.165) is 19.3 Å². The molecule has 0 aromatic heterocycles. The number of rotatable bonds is 7. The fourth-order valence-corrected chi connectivity index (χ4v) is 1.35. The van der Waals surface area contributed by atoms with Gasteiger partial charge in [-0.05, 0) is 24.7 Å². The van der Waals surface area contributed by atoms with Crippen molar-refractivity contribution in [1.29, 1.82) is 5.26 Å². The molecule has 0 spiro atoms. The Morgan fingerprint density at radius 3 is 2.08 bits per heavy atom. The van der Waals surface area contributed by atoms with E-state index in [2.05, 4.69) is 19.9 Å². The zero-order chi connectivity index (χ0) is 10.1. The molecule has 0 N–H and O–H groups in total. The Bertz CT molecular complexity index is 151. The highest BCUT2D eigenvalue weighted by atomic mass is 19.1. The van der Waals surface area contributed by atoms with E-state index >= 15 is 0 Å². The molecule has 0 saturated heterocycles. The predicted molar refractivity (Wildman–Crippen MR) is 53.0 cm³/mol. The molecule has 0 aliphatic heterocycles. The Morgan fingerprint density at radius 2 is 1.62 bits per heavy atom. The van der Waals surface area contributed by atoms with Gasteiger partial charge in [-0.25, -0.2) is 0 Å². The molecule has 0 radical (unpaired) electrons. The fraction of sp³-hybridized carbons (Fsp3) is 0.909. The molecule has 0 heterocycles. The maximum Gasteiger partial charge on any atom is 0.0897 e. The Kier molecular flexibility index (Phi) is 7.68. The Hall–Kier alpha value is -0.580. The molecule has 0 aliphatic rings. The van der Waals surface area contributed by atoms with Crippen molar-refractivity contribution in [3.05, 3.63) is 0 Å². The summed E-state index contributed by atoms with van der Waals surface area (Å²) >= 11 is 0. The number of hydrogen-bond acceptors (Lipinski definition) is 1. The van der Waals surface area contributed by atoms with Crippen molar-refractivity contribution < 1.29 is 4.39 Å². The first kappa shape index (κ1) is 12.4. The summed E-state index contributed by atoms with van der Waals surface area (Å²) in [6.07, 6.45) is 4.54. The molecule has 0 rings (SSSR count). The van der Waals surface area contributed by atoms with Gasteiger partial charge in [-0.2, -0.15) is 5.26 Å². The van der Waals surface area contributed by atoms with E-state index in [9.17, 15) is 4.39 Å². The van der Waals surface area contributed by atoms with Crippen molar-refractivity contribution in [1.82, 2.24) is 0 Å². The van der Waals surface area contributed by atoms with Gasteiger partial charge in [0.2, 0.25) is 0 Å². The van der Waals surface area contributed by atoms with Gasteiger partial charge in [-0.1, -0.05) is 26.7 Å². The molecule has 1 nitrogen and oxygen atoms in total. The zero-order valence-electron chi connectivity index (χ0n) is 8.72. The molecule has 2 atom stereocenters. The highest BCUT2D eigenvalue weighted by Crippen LogP contribution is 2.18.